The Morgan fingerprint density at radius 1 is 0.949 bits per heavy atom. The molecule has 0 radical (unpaired) electrons. The number of methoxy groups -OCH3 is 1. The van der Waals surface area contributed by atoms with Gasteiger partial charge in [0.2, 0.25) is 5.91 Å². The molecule has 2 saturated heterocycles. The molecule has 0 N–H and O–H groups in total. The highest BCUT2D eigenvalue weighted by molar-refractivity contribution is 7.09. The number of rotatable bonds is 8. The van der Waals surface area contributed by atoms with Crippen LogP contribution in [0.4, 0.5) is 5.82 Å². The van der Waals surface area contributed by atoms with E-state index in [1.54, 1.807) is 50.0 Å². The molecule has 2 amide bonds. The molecule has 0 unspecified atom stereocenters. The van der Waals surface area contributed by atoms with Crippen molar-refractivity contribution >= 4 is 34.8 Å². The molecule has 3 aromatic rings. The fraction of sp³-hybridized carbons (Fsp3) is 0.429. The molecule has 2 fully saturated rings. The molecule has 11 heteroatoms. The summed E-state index contributed by atoms with van der Waals surface area (Å²) in [5.41, 5.74) is 1.09. The summed E-state index contributed by atoms with van der Waals surface area (Å²) in [6.07, 6.45) is 7.07. The first-order valence-electron chi connectivity index (χ1n) is 13.2. The topological polar surface area (TPSA) is 109 Å². The zero-order chi connectivity index (χ0) is 27.2. The van der Waals surface area contributed by atoms with Crippen LogP contribution in [0, 0.1) is 0 Å². The minimum atomic E-state index is -0.0453. The van der Waals surface area contributed by atoms with E-state index in [0.29, 0.717) is 56.3 Å². The van der Waals surface area contributed by atoms with Crippen molar-refractivity contribution in [1.29, 1.82) is 0 Å². The Morgan fingerprint density at radius 3 is 2.36 bits per heavy atom. The number of aromatic nitrogens is 3. The van der Waals surface area contributed by atoms with Gasteiger partial charge in [0.05, 0.1) is 18.3 Å². The number of ether oxygens (including phenoxy) is 1. The second-order valence-electron chi connectivity index (χ2n) is 9.72. The van der Waals surface area contributed by atoms with Gasteiger partial charge in [-0.3, -0.25) is 19.4 Å². The minimum Gasteiger partial charge on any atom is -0.497 e. The molecule has 2 aliphatic heterocycles. The van der Waals surface area contributed by atoms with Crippen LogP contribution < -0.4 is 9.64 Å². The van der Waals surface area contributed by atoms with Crippen molar-refractivity contribution in [2.75, 3.05) is 51.3 Å². The molecule has 0 aliphatic carbocycles. The number of anilines is 1. The second kappa shape index (κ2) is 12.3. The van der Waals surface area contributed by atoms with E-state index in [4.69, 9.17) is 9.72 Å². The van der Waals surface area contributed by atoms with Gasteiger partial charge in [-0.05, 0) is 37.1 Å². The first-order chi connectivity index (χ1) is 19.0. The fourth-order valence-corrected chi connectivity index (χ4v) is 5.97. The molecule has 0 saturated carbocycles. The maximum Gasteiger partial charge on any atom is 0.273 e. The van der Waals surface area contributed by atoms with Crippen LogP contribution in [0.1, 0.15) is 57.5 Å². The van der Waals surface area contributed by atoms with Crippen LogP contribution in [-0.4, -0.2) is 88.7 Å². The lowest BCUT2D eigenvalue weighted by molar-refractivity contribution is -0.132. The largest absolute Gasteiger partial charge is 0.497 e. The molecular weight excluding hydrogens is 516 g/mol. The van der Waals surface area contributed by atoms with E-state index in [-0.39, 0.29) is 36.4 Å². The number of benzene rings is 1. The molecule has 0 spiro atoms. The number of nitrogens with zero attached hydrogens (tertiary/aromatic N) is 6. The van der Waals surface area contributed by atoms with Crippen molar-refractivity contribution in [1.82, 2.24) is 24.8 Å². The standard InChI is InChI=1S/C28H32N6O4S/c1-38-22-4-2-20(3-5-22)24(35)6-7-26(36)33-12-8-21(9-13-33)27-31-23(19-39-27)28(37)34-16-14-32(15-17-34)25-18-29-10-11-30-25/h2-5,10-11,18-19,21H,6-9,12-17H2,1H3. The summed E-state index contributed by atoms with van der Waals surface area (Å²) in [7, 11) is 1.58. The minimum absolute atomic E-state index is 0.00550. The van der Waals surface area contributed by atoms with Crippen molar-refractivity contribution in [2.24, 2.45) is 0 Å². The highest BCUT2D eigenvalue weighted by atomic mass is 32.1. The summed E-state index contributed by atoms with van der Waals surface area (Å²) < 4.78 is 5.13. The van der Waals surface area contributed by atoms with Crippen LogP contribution in [0.5, 0.6) is 5.75 Å². The Labute approximate surface area is 231 Å². The van der Waals surface area contributed by atoms with Crippen LogP contribution in [0.2, 0.25) is 0 Å². The quantitative estimate of drug-likeness (QED) is 0.395. The maximum absolute atomic E-state index is 13.1. The van der Waals surface area contributed by atoms with Gasteiger partial charge >= 0.3 is 0 Å². The van der Waals surface area contributed by atoms with Crippen molar-refractivity contribution in [2.45, 2.75) is 31.6 Å². The molecule has 5 rings (SSSR count). The summed E-state index contributed by atoms with van der Waals surface area (Å²) in [6, 6.07) is 6.95. The van der Waals surface area contributed by atoms with Crippen molar-refractivity contribution in [3.8, 4) is 5.75 Å². The molecule has 2 aliphatic rings. The number of thiazole rings is 1. The monoisotopic (exact) mass is 548 g/mol. The Morgan fingerprint density at radius 2 is 1.69 bits per heavy atom. The lowest BCUT2D eigenvalue weighted by Crippen LogP contribution is -2.49. The van der Waals surface area contributed by atoms with Gasteiger partial charge in [-0.25, -0.2) is 9.97 Å². The molecule has 0 atom stereocenters. The van der Waals surface area contributed by atoms with Gasteiger partial charge in [-0.1, -0.05) is 0 Å². The van der Waals surface area contributed by atoms with Crippen LogP contribution in [0.15, 0.2) is 48.2 Å². The van der Waals surface area contributed by atoms with Gasteiger partial charge in [0.1, 0.15) is 17.3 Å². The number of ketones is 1. The smallest absolute Gasteiger partial charge is 0.273 e. The third kappa shape index (κ3) is 6.42. The molecular formula is C28H32N6O4S. The number of amides is 2. The predicted molar refractivity (Wildman–Crippen MR) is 147 cm³/mol. The van der Waals surface area contributed by atoms with Gasteiger partial charge in [0.15, 0.2) is 5.78 Å². The van der Waals surface area contributed by atoms with Gasteiger partial charge in [-0.15, -0.1) is 11.3 Å². The highest BCUT2D eigenvalue weighted by Crippen LogP contribution is 2.31. The lowest BCUT2D eigenvalue weighted by atomic mass is 9.97. The van der Waals surface area contributed by atoms with Crippen LogP contribution in [0.25, 0.3) is 0 Å². The Kier molecular flexibility index (Phi) is 8.45. The zero-order valence-corrected chi connectivity index (χ0v) is 22.8. The van der Waals surface area contributed by atoms with Gasteiger partial charge in [-0.2, -0.15) is 0 Å². The van der Waals surface area contributed by atoms with Gasteiger partial charge in [0.25, 0.3) is 5.91 Å². The molecule has 10 nitrogen and oxygen atoms in total. The Balaban J connectivity index is 1.07. The third-order valence-electron chi connectivity index (χ3n) is 7.36. The summed E-state index contributed by atoms with van der Waals surface area (Å²) in [5, 5.41) is 2.81. The van der Waals surface area contributed by atoms with E-state index in [2.05, 4.69) is 14.9 Å². The zero-order valence-electron chi connectivity index (χ0n) is 22.0. The van der Waals surface area contributed by atoms with Gasteiger partial charge < -0.3 is 19.4 Å². The highest BCUT2D eigenvalue weighted by Gasteiger charge is 2.28. The Hall–Kier alpha value is -3.86. The number of carbonyl (C=O) groups excluding carboxylic acids is 3. The predicted octanol–water partition coefficient (Wildman–Crippen LogP) is 3.27. The molecule has 2 aromatic heterocycles. The summed E-state index contributed by atoms with van der Waals surface area (Å²) in [5.74, 6) is 1.68. The average molecular weight is 549 g/mol. The van der Waals surface area contributed by atoms with E-state index in [1.807, 2.05) is 15.2 Å². The SMILES string of the molecule is COc1ccc(C(=O)CCC(=O)N2CCC(c3nc(C(=O)N4CCN(c5cnccn5)CC4)cs3)CC2)cc1. The molecule has 39 heavy (non-hydrogen) atoms. The van der Waals surface area contributed by atoms with E-state index in [9.17, 15) is 14.4 Å². The number of piperazine rings is 1. The molecule has 204 valence electrons. The number of Topliss-reactive ketones (excluding diaryl/α,β-unsaturated/α-hetero) is 1. The summed E-state index contributed by atoms with van der Waals surface area (Å²) >= 11 is 1.53. The van der Waals surface area contributed by atoms with Gasteiger partial charge in [0, 0.05) is 81.4 Å². The fourth-order valence-electron chi connectivity index (χ4n) is 5.00. The van der Waals surface area contributed by atoms with Crippen molar-refractivity contribution in [3.63, 3.8) is 0 Å². The van der Waals surface area contributed by atoms with E-state index >= 15 is 0 Å². The number of hydrogen-bond acceptors (Lipinski definition) is 9. The number of carbonyl (C=O) groups is 3. The van der Waals surface area contributed by atoms with E-state index in [0.717, 1.165) is 23.7 Å². The normalized spacial score (nSPS) is 16.3. The lowest BCUT2D eigenvalue weighted by Gasteiger charge is -2.34. The average Bonchev–Trinajstić information content (AvgIpc) is 3.50. The Bertz CT molecular complexity index is 1280. The van der Waals surface area contributed by atoms with Crippen LogP contribution in [-0.2, 0) is 4.79 Å². The number of likely N-dealkylation sites (tertiary alicyclic amines) is 1. The van der Waals surface area contributed by atoms with E-state index < -0.39 is 0 Å². The molecule has 1 aromatic carbocycles. The first-order valence-corrected chi connectivity index (χ1v) is 14.1. The summed E-state index contributed by atoms with van der Waals surface area (Å²) in [6.45, 7) is 3.91. The number of hydrogen-bond donors (Lipinski definition) is 0. The van der Waals surface area contributed by atoms with Crippen LogP contribution in [0.3, 0.4) is 0 Å². The van der Waals surface area contributed by atoms with Crippen molar-refractivity contribution in [3.05, 3.63) is 64.5 Å². The van der Waals surface area contributed by atoms with E-state index in [1.165, 1.54) is 11.3 Å². The third-order valence-corrected chi connectivity index (χ3v) is 8.36. The molecule has 0 bridgehead atoms. The number of piperidine rings is 1. The first kappa shape index (κ1) is 26.7. The molecule has 4 heterocycles. The maximum atomic E-state index is 13.1. The second-order valence-corrected chi connectivity index (χ2v) is 10.6. The van der Waals surface area contributed by atoms with Crippen LogP contribution >= 0.6 is 11.3 Å². The summed E-state index contributed by atoms with van der Waals surface area (Å²) in [4.78, 5) is 57.3. The van der Waals surface area contributed by atoms with Crippen molar-refractivity contribution < 1.29 is 19.1 Å².